The minimum Gasteiger partial charge on any atom is -0.508 e. The molecule has 0 saturated carbocycles. The molecular weight excluding hydrogens is 376 g/mol. The number of nitrogens with zero attached hydrogens (tertiary/aromatic N) is 1. The van der Waals surface area contributed by atoms with Crippen LogP contribution in [0.2, 0.25) is 0 Å². The van der Waals surface area contributed by atoms with E-state index in [9.17, 15) is 18.3 Å². The Balaban J connectivity index is 1.87. The molecule has 0 aliphatic rings. The summed E-state index contributed by atoms with van der Waals surface area (Å²) in [5.74, 6) is -0.450. The molecule has 1 amide bonds. The number of phenols is 1. The Morgan fingerprint density at radius 1 is 0.964 bits per heavy atom. The van der Waals surface area contributed by atoms with Gasteiger partial charge in [-0.3, -0.25) is 9.10 Å². The highest BCUT2D eigenvalue weighted by molar-refractivity contribution is 7.92. The number of aryl methyl sites for hydroxylation is 1. The summed E-state index contributed by atoms with van der Waals surface area (Å²) in [7, 11) is -2.36. The average molecular weight is 396 g/mol. The van der Waals surface area contributed by atoms with Crippen LogP contribution in [0.5, 0.6) is 5.75 Å². The first-order valence-corrected chi connectivity index (χ1v) is 9.97. The van der Waals surface area contributed by atoms with Crippen LogP contribution in [0.1, 0.15) is 15.9 Å². The van der Waals surface area contributed by atoms with Gasteiger partial charge in [0.15, 0.2) is 0 Å². The first-order chi connectivity index (χ1) is 13.3. The first-order valence-electron chi connectivity index (χ1n) is 8.53. The predicted molar refractivity (Wildman–Crippen MR) is 109 cm³/mol. The number of sulfonamides is 1. The molecule has 0 saturated heterocycles. The Kier molecular flexibility index (Phi) is 5.37. The van der Waals surface area contributed by atoms with Crippen LogP contribution in [0.4, 0.5) is 11.4 Å². The van der Waals surface area contributed by atoms with Crippen LogP contribution in [0.25, 0.3) is 0 Å². The summed E-state index contributed by atoms with van der Waals surface area (Å²) in [5.41, 5.74) is 2.16. The standard InChI is InChI=1S/C21H20N2O4S/c1-15-9-11-18(12-10-15)23(2)28(26,27)20-8-3-5-16(13-20)21(25)22-17-6-4-7-19(24)14-17/h3-14,24H,1-2H3,(H,22,25). The number of hydrogen-bond donors (Lipinski definition) is 2. The molecule has 0 aromatic heterocycles. The molecule has 0 aliphatic heterocycles. The second kappa shape index (κ2) is 7.74. The van der Waals surface area contributed by atoms with Crippen molar-refractivity contribution in [1.29, 1.82) is 0 Å². The van der Waals surface area contributed by atoms with Crippen molar-refractivity contribution >= 4 is 27.3 Å². The molecule has 0 bridgehead atoms. The number of carbonyl (C=O) groups is 1. The van der Waals surface area contributed by atoms with E-state index in [4.69, 9.17) is 0 Å². The third-order valence-electron chi connectivity index (χ3n) is 4.26. The normalized spacial score (nSPS) is 11.1. The monoisotopic (exact) mass is 396 g/mol. The van der Waals surface area contributed by atoms with Gasteiger partial charge in [0.25, 0.3) is 15.9 Å². The lowest BCUT2D eigenvalue weighted by atomic mass is 10.2. The van der Waals surface area contributed by atoms with Crippen molar-refractivity contribution in [2.75, 3.05) is 16.7 Å². The summed E-state index contributed by atoms with van der Waals surface area (Å²) >= 11 is 0. The molecule has 0 heterocycles. The van der Waals surface area contributed by atoms with Crippen LogP contribution in [0.3, 0.4) is 0 Å². The largest absolute Gasteiger partial charge is 0.508 e. The molecule has 144 valence electrons. The van der Waals surface area contributed by atoms with Crippen molar-refractivity contribution in [3.63, 3.8) is 0 Å². The number of benzene rings is 3. The first kappa shape index (κ1) is 19.4. The van der Waals surface area contributed by atoms with Gasteiger partial charge in [0, 0.05) is 24.4 Å². The fourth-order valence-electron chi connectivity index (χ4n) is 2.64. The molecule has 0 fully saturated rings. The molecule has 0 unspecified atom stereocenters. The van der Waals surface area contributed by atoms with Gasteiger partial charge < -0.3 is 10.4 Å². The minimum absolute atomic E-state index is 0.0131. The van der Waals surface area contributed by atoms with Gasteiger partial charge in [0.05, 0.1) is 10.6 Å². The molecule has 0 aliphatic carbocycles. The number of anilines is 2. The van der Waals surface area contributed by atoms with Crippen molar-refractivity contribution in [2.45, 2.75) is 11.8 Å². The second-order valence-electron chi connectivity index (χ2n) is 6.34. The van der Waals surface area contributed by atoms with E-state index in [1.807, 2.05) is 19.1 Å². The average Bonchev–Trinajstić information content (AvgIpc) is 2.68. The predicted octanol–water partition coefficient (Wildman–Crippen LogP) is 3.78. The van der Waals surface area contributed by atoms with Gasteiger partial charge in [-0.25, -0.2) is 8.42 Å². The summed E-state index contributed by atoms with van der Waals surface area (Å²) < 4.78 is 27.1. The number of amides is 1. The van der Waals surface area contributed by atoms with Gasteiger partial charge in [-0.1, -0.05) is 29.8 Å². The highest BCUT2D eigenvalue weighted by Gasteiger charge is 2.22. The van der Waals surface area contributed by atoms with Gasteiger partial charge in [0.1, 0.15) is 5.75 Å². The van der Waals surface area contributed by atoms with E-state index >= 15 is 0 Å². The maximum absolute atomic E-state index is 13.0. The van der Waals surface area contributed by atoms with E-state index < -0.39 is 15.9 Å². The number of rotatable bonds is 5. The lowest BCUT2D eigenvalue weighted by Gasteiger charge is -2.20. The Morgan fingerprint density at radius 3 is 2.32 bits per heavy atom. The van der Waals surface area contributed by atoms with Crippen LogP contribution in [0.15, 0.2) is 77.7 Å². The molecule has 3 aromatic rings. The highest BCUT2D eigenvalue weighted by atomic mass is 32.2. The van der Waals surface area contributed by atoms with Crippen LogP contribution in [-0.2, 0) is 10.0 Å². The summed E-state index contributed by atoms with van der Waals surface area (Å²) in [6.45, 7) is 1.92. The second-order valence-corrected chi connectivity index (χ2v) is 8.31. The number of aromatic hydroxyl groups is 1. The minimum atomic E-state index is -3.83. The van der Waals surface area contributed by atoms with Crippen LogP contribution < -0.4 is 9.62 Å². The lowest BCUT2D eigenvalue weighted by Crippen LogP contribution is -2.26. The third-order valence-corrected chi connectivity index (χ3v) is 6.04. The number of hydrogen-bond acceptors (Lipinski definition) is 4. The maximum atomic E-state index is 13.0. The molecule has 7 heteroatoms. The topological polar surface area (TPSA) is 86.7 Å². The zero-order valence-corrected chi connectivity index (χ0v) is 16.3. The number of carbonyl (C=O) groups excluding carboxylic acids is 1. The zero-order chi connectivity index (χ0) is 20.3. The molecule has 0 atom stereocenters. The van der Waals surface area contributed by atoms with Crippen molar-refractivity contribution in [2.24, 2.45) is 0 Å². The van der Waals surface area contributed by atoms with E-state index in [0.29, 0.717) is 11.4 Å². The van der Waals surface area contributed by atoms with Gasteiger partial charge in [0.2, 0.25) is 0 Å². The molecule has 0 radical (unpaired) electrons. The van der Waals surface area contributed by atoms with E-state index in [1.54, 1.807) is 24.3 Å². The van der Waals surface area contributed by atoms with Crippen LogP contribution in [-0.4, -0.2) is 26.5 Å². The fraction of sp³-hybridized carbons (Fsp3) is 0.0952. The Hall–Kier alpha value is -3.32. The smallest absolute Gasteiger partial charge is 0.264 e. The molecular formula is C21H20N2O4S. The summed E-state index contributed by atoms with van der Waals surface area (Å²) in [6, 6.07) is 19.1. The Morgan fingerprint density at radius 2 is 1.64 bits per heavy atom. The van der Waals surface area contributed by atoms with Gasteiger partial charge in [-0.2, -0.15) is 0 Å². The quantitative estimate of drug-likeness (QED) is 0.687. The summed E-state index contributed by atoms with van der Waals surface area (Å²) in [5, 5.41) is 12.1. The highest BCUT2D eigenvalue weighted by Crippen LogP contribution is 2.23. The van der Waals surface area contributed by atoms with Gasteiger partial charge in [-0.05, 0) is 49.4 Å². The third kappa shape index (κ3) is 4.15. The molecule has 0 spiro atoms. The zero-order valence-electron chi connectivity index (χ0n) is 15.5. The summed E-state index contributed by atoms with van der Waals surface area (Å²) in [4.78, 5) is 12.5. The van der Waals surface area contributed by atoms with Gasteiger partial charge >= 0.3 is 0 Å². The van der Waals surface area contributed by atoms with Crippen molar-refractivity contribution in [3.8, 4) is 5.75 Å². The molecule has 3 rings (SSSR count). The molecule has 6 nitrogen and oxygen atoms in total. The number of nitrogens with one attached hydrogen (secondary N) is 1. The lowest BCUT2D eigenvalue weighted by molar-refractivity contribution is 0.102. The molecule has 28 heavy (non-hydrogen) atoms. The van der Waals surface area contributed by atoms with E-state index in [2.05, 4.69) is 5.32 Å². The fourth-order valence-corrected chi connectivity index (χ4v) is 3.88. The molecule has 3 aromatic carbocycles. The van der Waals surface area contributed by atoms with E-state index in [-0.39, 0.29) is 16.2 Å². The van der Waals surface area contributed by atoms with Crippen molar-refractivity contribution in [1.82, 2.24) is 0 Å². The number of phenolic OH excluding ortho intramolecular Hbond substituents is 1. The van der Waals surface area contributed by atoms with E-state index in [0.717, 1.165) is 5.56 Å². The Labute approximate surface area is 164 Å². The summed E-state index contributed by atoms with van der Waals surface area (Å²) in [6.07, 6.45) is 0. The molecule has 2 N–H and O–H groups in total. The SMILES string of the molecule is Cc1ccc(N(C)S(=O)(=O)c2cccc(C(=O)Nc3cccc(O)c3)c2)cc1. The van der Waals surface area contributed by atoms with Gasteiger partial charge in [-0.15, -0.1) is 0 Å². The van der Waals surface area contributed by atoms with E-state index in [1.165, 1.54) is 47.8 Å². The van der Waals surface area contributed by atoms with Crippen molar-refractivity contribution < 1.29 is 18.3 Å². The Bertz CT molecular complexity index is 1110. The van der Waals surface area contributed by atoms with Crippen LogP contribution in [0, 0.1) is 6.92 Å². The van der Waals surface area contributed by atoms with Crippen molar-refractivity contribution in [3.05, 3.63) is 83.9 Å². The van der Waals surface area contributed by atoms with Crippen LogP contribution >= 0.6 is 0 Å². The maximum Gasteiger partial charge on any atom is 0.264 e.